The maximum absolute atomic E-state index is 13.2. The molecule has 0 spiro atoms. The Morgan fingerprint density at radius 1 is 1.07 bits per heavy atom. The predicted molar refractivity (Wildman–Crippen MR) is 127 cm³/mol. The zero-order valence-corrected chi connectivity index (χ0v) is 20.5. The SMILES string of the molecule is CCC(/C=C/C(C)C1CCC2C3CC(=O)C4=CCCCC4(C)C3CCC12C)C(C)C. The Labute approximate surface area is 186 Å². The first-order valence-electron chi connectivity index (χ1n) is 13.1. The van der Waals surface area contributed by atoms with Crippen molar-refractivity contribution in [2.75, 3.05) is 0 Å². The van der Waals surface area contributed by atoms with Crippen LogP contribution in [0.4, 0.5) is 0 Å². The molecule has 3 saturated carbocycles. The van der Waals surface area contributed by atoms with Gasteiger partial charge in [0.25, 0.3) is 0 Å². The molecule has 1 heteroatoms. The summed E-state index contributed by atoms with van der Waals surface area (Å²) in [5.74, 6) is 5.52. The van der Waals surface area contributed by atoms with Crippen molar-refractivity contribution in [3.8, 4) is 0 Å². The number of fused-ring (bicyclic) bond motifs is 5. The quantitative estimate of drug-likeness (QED) is 0.419. The van der Waals surface area contributed by atoms with Crippen LogP contribution in [0, 0.1) is 52.3 Å². The van der Waals surface area contributed by atoms with Crippen LogP contribution < -0.4 is 0 Å². The third-order valence-electron chi connectivity index (χ3n) is 10.5. The first-order valence-corrected chi connectivity index (χ1v) is 13.1. The van der Waals surface area contributed by atoms with Crippen molar-refractivity contribution >= 4 is 5.78 Å². The Balaban J connectivity index is 1.55. The summed E-state index contributed by atoms with van der Waals surface area (Å²) in [6.45, 7) is 14.6. The van der Waals surface area contributed by atoms with E-state index in [9.17, 15) is 4.79 Å². The van der Waals surface area contributed by atoms with E-state index in [1.807, 2.05) is 0 Å². The Morgan fingerprint density at radius 2 is 1.83 bits per heavy atom. The fourth-order valence-corrected chi connectivity index (χ4v) is 8.77. The molecule has 4 rings (SSSR count). The summed E-state index contributed by atoms with van der Waals surface area (Å²) in [6.07, 6.45) is 18.6. The molecule has 0 radical (unpaired) electrons. The van der Waals surface area contributed by atoms with Crippen LogP contribution in [0.1, 0.15) is 99.3 Å². The average molecular weight is 411 g/mol. The fourth-order valence-electron chi connectivity index (χ4n) is 8.77. The first kappa shape index (κ1) is 22.3. The second-order valence-corrected chi connectivity index (χ2v) is 12.2. The molecule has 0 aromatic heterocycles. The highest BCUT2D eigenvalue weighted by molar-refractivity contribution is 5.98. The molecule has 3 fully saturated rings. The summed E-state index contributed by atoms with van der Waals surface area (Å²) in [6, 6.07) is 0. The van der Waals surface area contributed by atoms with E-state index in [0.717, 1.165) is 36.5 Å². The van der Waals surface area contributed by atoms with Crippen LogP contribution in [0.15, 0.2) is 23.8 Å². The molecule has 0 aromatic rings. The second kappa shape index (κ2) is 8.25. The highest BCUT2D eigenvalue weighted by Gasteiger charge is 2.60. The van der Waals surface area contributed by atoms with Crippen molar-refractivity contribution in [3.05, 3.63) is 23.8 Å². The van der Waals surface area contributed by atoms with Gasteiger partial charge in [-0.15, -0.1) is 0 Å². The molecular weight excluding hydrogens is 364 g/mol. The molecule has 0 heterocycles. The van der Waals surface area contributed by atoms with E-state index < -0.39 is 0 Å². The molecule has 0 aromatic carbocycles. The smallest absolute Gasteiger partial charge is 0.159 e. The van der Waals surface area contributed by atoms with E-state index in [1.165, 1.54) is 50.5 Å². The van der Waals surface area contributed by atoms with Gasteiger partial charge >= 0.3 is 0 Å². The van der Waals surface area contributed by atoms with E-state index in [0.29, 0.717) is 29.0 Å². The van der Waals surface area contributed by atoms with Gasteiger partial charge in [0.05, 0.1) is 0 Å². The normalized spacial score (nSPS) is 43.2. The summed E-state index contributed by atoms with van der Waals surface area (Å²) in [5.41, 5.74) is 1.83. The predicted octanol–water partition coefficient (Wildman–Crippen LogP) is 8.01. The van der Waals surface area contributed by atoms with Crippen LogP contribution in [-0.4, -0.2) is 5.78 Å². The molecule has 30 heavy (non-hydrogen) atoms. The monoisotopic (exact) mass is 410 g/mol. The Hall–Kier alpha value is -0.850. The second-order valence-electron chi connectivity index (χ2n) is 12.2. The van der Waals surface area contributed by atoms with Crippen molar-refractivity contribution in [1.29, 1.82) is 0 Å². The number of hydrogen-bond acceptors (Lipinski definition) is 1. The zero-order valence-electron chi connectivity index (χ0n) is 20.5. The standard InChI is InChI=1S/C29H46O/c1-7-21(19(2)3)12-11-20(4)23-13-14-24-22-18-27(30)26-10-8-9-16-28(26,5)25(22)15-17-29(23,24)6/h10-12,19-25H,7-9,13-18H2,1-6H3/b12-11+. The molecule has 4 aliphatic rings. The maximum atomic E-state index is 13.2. The van der Waals surface area contributed by atoms with Crippen LogP contribution in [0.3, 0.4) is 0 Å². The van der Waals surface area contributed by atoms with Crippen LogP contribution in [0.5, 0.6) is 0 Å². The lowest BCUT2D eigenvalue weighted by atomic mass is 9.46. The summed E-state index contributed by atoms with van der Waals surface area (Å²) >= 11 is 0. The molecule has 4 aliphatic carbocycles. The largest absolute Gasteiger partial charge is 0.295 e. The zero-order chi connectivity index (χ0) is 21.7. The highest BCUT2D eigenvalue weighted by Crippen LogP contribution is 2.67. The maximum Gasteiger partial charge on any atom is 0.159 e. The minimum atomic E-state index is 0.175. The third-order valence-corrected chi connectivity index (χ3v) is 10.5. The molecule has 0 saturated heterocycles. The number of ketones is 1. The lowest BCUT2D eigenvalue weighted by Gasteiger charge is -2.58. The number of hydrogen-bond donors (Lipinski definition) is 0. The summed E-state index contributed by atoms with van der Waals surface area (Å²) in [4.78, 5) is 13.2. The molecule has 0 amide bonds. The Bertz CT molecular complexity index is 714. The van der Waals surface area contributed by atoms with E-state index in [1.54, 1.807) is 0 Å². The molecule has 0 aliphatic heterocycles. The Kier molecular flexibility index (Phi) is 6.15. The van der Waals surface area contributed by atoms with E-state index in [-0.39, 0.29) is 5.41 Å². The molecular formula is C29H46O. The van der Waals surface area contributed by atoms with Gasteiger partial charge in [0.1, 0.15) is 0 Å². The van der Waals surface area contributed by atoms with Gasteiger partial charge in [-0.05, 0) is 109 Å². The van der Waals surface area contributed by atoms with Gasteiger partial charge in [0.2, 0.25) is 0 Å². The topological polar surface area (TPSA) is 17.1 Å². The molecule has 1 nitrogen and oxygen atoms in total. The van der Waals surface area contributed by atoms with Crippen molar-refractivity contribution in [1.82, 2.24) is 0 Å². The lowest BCUT2D eigenvalue weighted by molar-refractivity contribution is -0.129. The number of allylic oxidation sites excluding steroid dienone is 4. The Morgan fingerprint density at radius 3 is 2.53 bits per heavy atom. The van der Waals surface area contributed by atoms with Crippen molar-refractivity contribution in [2.24, 2.45) is 52.3 Å². The minimum Gasteiger partial charge on any atom is -0.295 e. The summed E-state index contributed by atoms with van der Waals surface area (Å²) in [7, 11) is 0. The van der Waals surface area contributed by atoms with E-state index >= 15 is 0 Å². The lowest BCUT2D eigenvalue weighted by Crippen LogP contribution is -2.52. The molecule has 8 unspecified atom stereocenters. The summed E-state index contributed by atoms with van der Waals surface area (Å²) in [5, 5.41) is 0. The molecule has 168 valence electrons. The number of Topliss-reactive ketones (excluding diaryl/α,β-unsaturated/α-hetero) is 1. The van der Waals surface area contributed by atoms with Gasteiger partial charge in [-0.2, -0.15) is 0 Å². The van der Waals surface area contributed by atoms with E-state index in [2.05, 4.69) is 59.8 Å². The van der Waals surface area contributed by atoms with Crippen LogP contribution in [0.2, 0.25) is 0 Å². The van der Waals surface area contributed by atoms with E-state index in [4.69, 9.17) is 0 Å². The third kappa shape index (κ3) is 3.47. The number of carbonyl (C=O) groups is 1. The minimum absolute atomic E-state index is 0.175. The van der Waals surface area contributed by atoms with Gasteiger partial charge in [0, 0.05) is 6.42 Å². The van der Waals surface area contributed by atoms with Crippen molar-refractivity contribution < 1.29 is 4.79 Å². The molecule has 0 N–H and O–H groups in total. The number of carbonyl (C=O) groups excluding carboxylic acids is 1. The summed E-state index contributed by atoms with van der Waals surface area (Å²) < 4.78 is 0. The van der Waals surface area contributed by atoms with Gasteiger partial charge in [-0.1, -0.05) is 59.8 Å². The van der Waals surface area contributed by atoms with Crippen molar-refractivity contribution in [2.45, 2.75) is 99.3 Å². The van der Waals surface area contributed by atoms with Crippen LogP contribution in [-0.2, 0) is 4.79 Å². The van der Waals surface area contributed by atoms with Crippen LogP contribution in [0.25, 0.3) is 0 Å². The highest BCUT2D eigenvalue weighted by atomic mass is 16.1. The molecule has 8 atom stereocenters. The van der Waals surface area contributed by atoms with Gasteiger partial charge in [-0.25, -0.2) is 0 Å². The van der Waals surface area contributed by atoms with Gasteiger partial charge in [-0.3, -0.25) is 4.79 Å². The van der Waals surface area contributed by atoms with Gasteiger partial charge in [0.15, 0.2) is 5.78 Å². The van der Waals surface area contributed by atoms with Gasteiger partial charge < -0.3 is 0 Å². The number of rotatable bonds is 5. The molecule has 0 bridgehead atoms. The van der Waals surface area contributed by atoms with Crippen LogP contribution >= 0.6 is 0 Å². The fraction of sp³-hybridized carbons (Fsp3) is 0.828. The first-order chi connectivity index (χ1) is 14.2. The van der Waals surface area contributed by atoms with Crippen molar-refractivity contribution in [3.63, 3.8) is 0 Å². The average Bonchev–Trinajstić information content (AvgIpc) is 3.05.